The molecule has 0 aliphatic rings. The molecule has 0 saturated heterocycles. The highest BCUT2D eigenvalue weighted by Crippen LogP contribution is 2.22. The topological polar surface area (TPSA) is 69.9 Å². The average Bonchev–Trinajstić information content (AvgIpc) is 2.90. The fourth-order valence-corrected chi connectivity index (χ4v) is 1.83. The number of esters is 1. The summed E-state index contributed by atoms with van der Waals surface area (Å²) in [5, 5.41) is 7.14. The average molecular weight is 296 g/mol. The van der Waals surface area contributed by atoms with Gasteiger partial charge < -0.3 is 4.74 Å². The summed E-state index contributed by atoms with van der Waals surface area (Å²) in [5.74, 6) is -0.886. The Hall–Kier alpha value is -2.38. The Labute approximate surface area is 119 Å². The summed E-state index contributed by atoms with van der Waals surface area (Å²) < 4.78 is 32.0. The minimum Gasteiger partial charge on any atom is -0.461 e. The Morgan fingerprint density at radius 3 is 2.71 bits per heavy atom. The predicted molar refractivity (Wildman–Crippen MR) is 68.9 cm³/mol. The van der Waals surface area contributed by atoms with Gasteiger partial charge >= 0.3 is 5.97 Å². The number of carbonyl (C=O) groups is 1. The van der Waals surface area contributed by atoms with Crippen molar-refractivity contribution < 1.29 is 18.3 Å². The number of hydrogen-bond donors (Lipinski definition) is 0. The second kappa shape index (κ2) is 6.87. The number of hydrogen-bond acceptors (Lipinski definition) is 5. The van der Waals surface area contributed by atoms with Crippen LogP contribution >= 0.6 is 0 Å². The lowest BCUT2D eigenvalue weighted by molar-refractivity contribution is 0.0506. The van der Waals surface area contributed by atoms with Crippen LogP contribution in [-0.4, -0.2) is 32.6 Å². The van der Waals surface area contributed by atoms with Gasteiger partial charge in [0.25, 0.3) is 6.43 Å². The summed E-state index contributed by atoms with van der Waals surface area (Å²) in [6.45, 7) is 1.87. The molecule has 2 aromatic heterocycles. The van der Waals surface area contributed by atoms with Crippen molar-refractivity contribution in [3.63, 3.8) is 0 Å². The number of halogens is 2. The van der Waals surface area contributed by atoms with Gasteiger partial charge in [-0.15, -0.1) is 5.10 Å². The van der Waals surface area contributed by atoms with E-state index in [1.54, 1.807) is 31.5 Å². The largest absolute Gasteiger partial charge is 0.461 e. The van der Waals surface area contributed by atoms with Crippen molar-refractivity contribution in [3.8, 4) is 0 Å². The molecule has 0 aliphatic carbocycles. The molecule has 2 heterocycles. The molecule has 6 nitrogen and oxygen atoms in total. The Morgan fingerprint density at radius 2 is 2.10 bits per heavy atom. The van der Waals surface area contributed by atoms with Gasteiger partial charge in [-0.2, -0.15) is 0 Å². The number of aromatic nitrogens is 4. The van der Waals surface area contributed by atoms with Gasteiger partial charge in [-0.1, -0.05) is 5.21 Å². The highest BCUT2D eigenvalue weighted by atomic mass is 19.3. The molecule has 21 heavy (non-hydrogen) atoms. The summed E-state index contributed by atoms with van der Waals surface area (Å²) in [4.78, 5) is 15.5. The van der Waals surface area contributed by atoms with E-state index in [2.05, 4.69) is 15.3 Å². The second-order valence-corrected chi connectivity index (χ2v) is 4.17. The van der Waals surface area contributed by atoms with Gasteiger partial charge in [-0.05, 0) is 31.0 Å². The fourth-order valence-electron chi connectivity index (χ4n) is 1.83. The first-order chi connectivity index (χ1) is 10.1. The van der Waals surface area contributed by atoms with Gasteiger partial charge in [0.15, 0.2) is 5.69 Å². The number of carbonyl (C=O) groups excluding carboxylic acids is 1. The summed E-state index contributed by atoms with van der Waals surface area (Å²) in [7, 11) is 0. The molecule has 0 unspecified atom stereocenters. The van der Waals surface area contributed by atoms with Crippen molar-refractivity contribution in [3.05, 3.63) is 41.5 Å². The third-order valence-electron chi connectivity index (χ3n) is 2.81. The zero-order chi connectivity index (χ0) is 15.2. The Balaban J connectivity index is 2.18. The number of rotatable bonds is 6. The lowest BCUT2D eigenvalue weighted by Gasteiger charge is -2.07. The van der Waals surface area contributed by atoms with Crippen LogP contribution in [0.3, 0.4) is 0 Å². The van der Waals surface area contributed by atoms with Gasteiger partial charge in [0, 0.05) is 18.9 Å². The van der Waals surface area contributed by atoms with Gasteiger partial charge in [-0.3, -0.25) is 4.98 Å². The molecule has 0 amide bonds. The smallest absolute Gasteiger partial charge is 0.361 e. The molecule has 0 fully saturated rings. The SMILES string of the molecule is CCOC(=O)c1nnn(CCc2ccncc2)c1C(F)F. The maximum atomic E-state index is 13.1. The van der Waals surface area contributed by atoms with Gasteiger partial charge in [0.1, 0.15) is 5.69 Å². The highest BCUT2D eigenvalue weighted by molar-refractivity contribution is 5.88. The summed E-state index contributed by atoms with van der Waals surface area (Å²) >= 11 is 0. The van der Waals surface area contributed by atoms with E-state index in [1.807, 2.05) is 0 Å². The van der Waals surface area contributed by atoms with E-state index in [-0.39, 0.29) is 13.2 Å². The molecule has 2 rings (SSSR count). The van der Waals surface area contributed by atoms with Crippen LogP contribution in [-0.2, 0) is 17.7 Å². The molecule has 0 bridgehead atoms. The molecule has 0 saturated carbocycles. The third kappa shape index (κ3) is 3.59. The number of alkyl halides is 2. The summed E-state index contributed by atoms with van der Waals surface area (Å²) in [6.07, 6.45) is 0.869. The lowest BCUT2D eigenvalue weighted by atomic mass is 10.2. The molecule has 0 aromatic carbocycles. The van der Waals surface area contributed by atoms with Crippen molar-refractivity contribution in [2.75, 3.05) is 6.61 Å². The van der Waals surface area contributed by atoms with E-state index >= 15 is 0 Å². The van der Waals surface area contributed by atoms with Crippen molar-refractivity contribution in [1.82, 2.24) is 20.0 Å². The molecule has 2 aromatic rings. The van der Waals surface area contributed by atoms with E-state index in [9.17, 15) is 13.6 Å². The van der Waals surface area contributed by atoms with Gasteiger partial charge in [0.05, 0.1) is 6.61 Å². The van der Waals surface area contributed by atoms with Crippen LogP contribution in [0.2, 0.25) is 0 Å². The van der Waals surface area contributed by atoms with Crippen LogP contribution in [0.5, 0.6) is 0 Å². The van der Waals surface area contributed by atoms with Crippen molar-refractivity contribution in [2.45, 2.75) is 26.3 Å². The van der Waals surface area contributed by atoms with Crippen molar-refractivity contribution in [1.29, 1.82) is 0 Å². The third-order valence-corrected chi connectivity index (χ3v) is 2.81. The van der Waals surface area contributed by atoms with Crippen molar-refractivity contribution >= 4 is 5.97 Å². The first-order valence-corrected chi connectivity index (χ1v) is 6.41. The minimum absolute atomic E-state index is 0.0887. The molecular formula is C13H14F2N4O2. The van der Waals surface area contributed by atoms with E-state index in [4.69, 9.17) is 4.74 Å². The molecule has 8 heteroatoms. The molecule has 0 aliphatic heterocycles. The molecular weight excluding hydrogens is 282 g/mol. The van der Waals surface area contributed by atoms with Crippen LogP contribution in [0.25, 0.3) is 0 Å². The van der Waals surface area contributed by atoms with Gasteiger partial charge in [0.2, 0.25) is 0 Å². The molecule has 0 atom stereocenters. The minimum atomic E-state index is -2.85. The molecule has 112 valence electrons. The van der Waals surface area contributed by atoms with Crippen LogP contribution < -0.4 is 0 Å². The number of aryl methyl sites for hydroxylation is 2. The zero-order valence-electron chi connectivity index (χ0n) is 11.4. The quantitative estimate of drug-likeness (QED) is 0.763. The number of nitrogens with zero attached hydrogens (tertiary/aromatic N) is 4. The second-order valence-electron chi connectivity index (χ2n) is 4.17. The van der Waals surface area contributed by atoms with Crippen molar-refractivity contribution in [2.24, 2.45) is 0 Å². The molecule has 0 N–H and O–H groups in total. The standard InChI is InChI=1S/C13H14F2N4O2/c1-2-21-13(20)10-11(12(14)15)19(18-17-10)8-5-9-3-6-16-7-4-9/h3-4,6-7,12H,2,5,8H2,1H3. The van der Waals surface area contributed by atoms with E-state index in [1.165, 1.54) is 0 Å². The first kappa shape index (κ1) is 15.0. The number of ether oxygens (including phenoxy) is 1. The maximum Gasteiger partial charge on any atom is 0.361 e. The fraction of sp³-hybridized carbons (Fsp3) is 0.385. The van der Waals surface area contributed by atoms with E-state index in [0.29, 0.717) is 6.42 Å². The predicted octanol–water partition coefficient (Wildman–Crippen LogP) is 2.03. The lowest BCUT2D eigenvalue weighted by Crippen LogP contribution is -2.12. The van der Waals surface area contributed by atoms with E-state index < -0.39 is 23.8 Å². The normalized spacial score (nSPS) is 10.9. The highest BCUT2D eigenvalue weighted by Gasteiger charge is 2.27. The summed E-state index contributed by atoms with van der Waals surface area (Å²) in [5.41, 5.74) is -0.0116. The molecule has 0 spiro atoms. The van der Waals surface area contributed by atoms with Crippen LogP contribution in [0.15, 0.2) is 24.5 Å². The van der Waals surface area contributed by atoms with E-state index in [0.717, 1.165) is 10.2 Å². The Bertz CT molecular complexity index is 601. The molecule has 0 radical (unpaired) electrons. The van der Waals surface area contributed by atoms with Crippen LogP contribution in [0.1, 0.15) is 35.1 Å². The summed E-state index contributed by atoms with van der Waals surface area (Å²) in [6, 6.07) is 3.57. The Morgan fingerprint density at radius 1 is 1.38 bits per heavy atom. The number of pyridine rings is 1. The maximum absolute atomic E-state index is 13.1. The van der Waals surface area contributed by atoms with Crippen LogP contribution in [0, 0.1) is 0 Å². The first-order valence-electron chi connectivity index (χ1n) is 6.41. The zero-order valence-corrected chi connectivity index (χ0v) is 11.4. The van der Waals surface area contributed by atoms with Gasteiger partial charge in [-0.25, -0.2) is 18.3 Å². The monoisotopic (exact) mass is 296 g/mol. The van der Waals surface area contributed by atoms with Crippen LogP contribution in [0.4, 0.5) is 8.78 Å². The Kier molecular flexibility index (Phi) is 4.91.